The molecule has 0 saturated heterocycles. The Labute approximate surface area is 150 Å². The van der Waals surface area contributed by atoms with Gasteiger partial charge in [0.1, 0.15) is 6.54 Å². The third-order valence-corrected chi connectivity index (χ3v) is 6.05. The van der Waals surface area contributed by atoms with Gasteiger partial charge in [-0.1, -0.05) is 11.6 Å². The Kier molecular flexibility index (Phi) is 6.15. The molecule has 0 amide bonds. The number of anilines is 1. The molecule has 0 saturated carbocycles. The molecule has 0 heterocycles. The molecule has 0 fully saturated rings. The van der Waals surface area contributed by atoms with Crippen LogP contribution < -0.4 is 4.31 Å². The van der Waals surface area contributed by atoms with Crippen LogP contribution in [0.25, 0.3) is 0 Å². The lowest BCUT2D eigenvalue weighted by Crippen LogP contribution is -2.36. The van der Waals surface area contributed by atoms with Crippen molar-refractivity contribution in [3.05, 3.63) is 53.6 Å². The average molecular weight is 386 g/mol. The molecule has 2 aromatic carbocycles. The largest absolute Gasteiger partial charge is 0.468 e. The van der Waals surface area contributed by atoms with E-state index in [1.54, 1.807) is 36.4 Å². The topological polar surface area (TPSA) is 63.7 Å². The van der Waals surface area contributed by atoms with Crippen molar-refractivity contribution in [1.29, 1.82) is 0 Å². The Balaban J connectivity index is 2.47. The first-order valence-corrected chi connectivity index (χ1v) is 9.92. The fourth-order valence-corrected chi connectivity index (χ4v) is 3.92. The Bertz CT molecular complexity index is 805. The highest BCUT2D eigenvalue weighted by Crippen LogP contribution is 2.26. The molecule has 0 bridgehead atoms. The van der Waals surface area contributed by atoms with E-state index in [9.17, 15) is 13.2 Å². The molecule has 2 aromatic rings. The minimum absolute atomic E-state index is 0.0964. The van der Waals surface area contributed by atoms with Gasteiger partial charge in [0.05, 0.1) is 17.7 Å². The van der Waals surface area contributed by atoms with Gasteiger partial charge in [-0.15, -0.1) is 11.8 Å². The minimum atomic E-state index is -3.92. The maximum Gasteiger partial charge on any atom is 0.326 e. The van der Waals surface area contributed by atoms with Gasteiger partial charge in [0.25, 0.3) is 10.0 Å². The molecule has 0 unspecified atom stereocenters. The molecule has 2 rings (SSSR count). The Morgan fingerprint density at radius 1 is 1.12 bits per heavy atom. The highest BCUT2D eigenvalue weighted by Gasteiger charge is 2.27. The van der Waals surface area contributed by atoms with Crippen LogP contribution in [0.5, 0.6) is 0 Å². The SMILES string of the molecule is COC(=O)CN(c1ccc(Cl)cc1)S(=O)(=O)c1ccc(SC)cc1. The first-order valence-electron chi connectivity index (χ1n) is 6.87. The van der Waals surface area contributed by atoms with Gasteiger partial charge < -0.3 is 4.74 Å². The number of benzene rings is 2. The number of esters is 1. The van der Waals surface area contributed by atoms with Gasteiger partial charge in [-0.05, 0) is 54.8 Å². The summed E-state index contributed by atoms with van der Waals surface area (Å²) in [4.78, 5) is 12.7. The van der Waals surface area contributed by atoms with E-state index in [0.29, 0.717) is 10.7 Å². The quantitative estimate of drug-likeness (QED) is 0.563. The van der Waals surface area contributed by atoms with Gasteiger partial charge in [-0.3, -0.25) is 9.10 Å². The number of halogens is 1. The van der Waals surface area contributed by atoms with Crippen molar-refractivity contribution >= 4 is 45.0 Å². The third-order valence-electron chi connectivity index (χ3n) is 3.26. The summed E-state index contributed by atoms with van der Waals surface area (Å²) < 4.78 is 31.5. The molecule has 0 radical (unpaired) electrons. The van der Waals surface area contributed by atoms with E-state index >= 15 is 0 Å². The van der Waals surface area contributed by atoms with Gasteiger partial charge in [-0.25, -0.2) is 8.42 Å². The van der Waals surface area contributed by atoms with Gasteiger partial charge >= 0.3 is 5.97 Å². The summed E-state index contributed by atoms with van der Waals surface area (Å²) >= 11 is 7.36. The molecule has 0 aromatic heterocycles. The van der Waals surface area contributed by atoms with Crippen LogP contribution in [0.4, 0.5) is 5.69 Å². The van der Waals surface area contributed by atoms with Crippen molar-refractivity contribution < 1.29 is 17.9 Å². The summed E-state index contributed by atoms with van der Waals surface area (Å²) in [5.41, 5.74) is 0.332. The van der Waals surface area contributed by atoms with E-state index in [1.165, 1.54) is 31.0 Å². The van der Waals surface area contributed by atoms with Crippen molar-refractivity contribution in [2.45, 2.75) is 9.79 Å². The zero-order valence-electron chi connectivity index (χ0n) is 13.1. The summed E-state index contributed by atoms with van der Waals surface area (Å²) in [6.45, 7) is -0.426. The molecule has 0 spiro atoms. The summed E-state index contributed by atoms with van der Waals surface area (Å²) in [5, 5.41) is 0.471. The maximum atomic E-state index is 12.9. The lowest BCUT2D eigenvalue weighted by atomic mass is 10.3. The van der Waals surface area contributed by atoms with Crippen LogP contribution in [0.2, 0.25) is 5.02 Å². The molecule has 128 valence electrons. The Morgan fingerprint density at radius 2 is 1.71 bits per heavy atom. The van der Waals surface area contributed by atoms with Crippen LogP contribution in [-0.2, 0) is 19.6 Å². The van der Waals surface area contributed by atoms with Crippen LogP contribution in [0.3, 0.4) is 0 Å². The maximum absolute atomic E-state index is 12.9. The standard InChI is InChI=1S/C16H16ClNO4S2/c1-22-16(19)11-18(13-5-3-12(17)4-6-13)24(20,21)15-9-7-14(23-2)8-10-15/h3-10H,11H2,1-2H3. The fraction of sp³-hybridized carbons (Fsp3) is 0.188. The molecular weight excluding hydrogens is 370 g/mol. The smallest absolute Gasteiger partial charge is 0.326 e. The van der Waals surface area contributed by atoms with Gasteiger partial charge in [0, 0.05) is 9.92 Å². The number of rotatable bonds is 6. The number of thioether (sulfide) groups is 1. The predicted molar refractivity (Wildman–Crippen MR) is 96.2 cm³/mol. The highest BCUT2D eigenvalue weighted by molar-refractivity contribution is 7.98. The normalized spacial score (nSPS) is 11.1. The van der Waals surface area contributed by atoms with Crippen LogP contribution in [0.1, 0.15) is 0 Å². The second-order valence-electron chi connectivity index (χ2n) is 4.74. The lowest BCUT2D eigenvalue weighted by molar-refractivity contribution is -0.138. The summed E-state index contributed by atoms with van der Waals surface area (Å²) in [6.07, 6.45) is 1.90. The number of carbonyl (C=O) groups is 1. The monoisotopic (exact) mass is 385 g/mol. The van der Waals surface area contributed by atoms with Crippen molar-refractivity contribution in [2.75, 3.05) is 24.2 Å². The molecule has 5 nitrogen and oxygen atoms in total. The van der Waals surface area contributed by atoms with E-state index in [0.717, 1.165) is 9.20 Å². The highest BCUT2D eigenvalue weighted by atomic mass is 35.5. The average Bonchev–Trinajstić information content (AvgIpc) is 2.60. The number of hydrogen-bond donors (Lipinski definition) is 0. The van der Waals surface area contributed by atoms with Crippen LogP contribution >= 0.6 is 23.4 Å². The first kappa shape index (κ1) is 18.6. The zero-order chi connectivity index (χ0) is 17.7. The van der Waals surface area contributed by atoms with Crippen molar-refractivity contribution in [1.82, 2.24) is 0 Å². The van der Waals surface area contributed by atoms with E-state index < -0.39 is 22.5 Å². The van der Waals surface area contributed by atoms with Crippen LogP contribution in [0, 0.1) is 0 Å². The fourth-order valence-electron chi connectivity index (χ4n) is 1.98. The Hall–Kier alpha value is -1.70. The molecule has 0 aliphatic heterocycles. The molecule has 0 aliphatic carbocycles. The van der Waals surface area contributed by atoms with Crippen molar-refractivity contribution in [3.8, 4) is 0 Å². The molecule has 0 aliphatic rings. The number of sulfonamides is 1. The number of ether oxygens (including phenoxy) is 1. The number of carbonyl (C=O) groups excluding carboxylic acids is 1. The molecule has 24 heavy (non-hydrogen) atoms. The number of nitrogens with zero attached hydrogens (tertiary/aromatic N) is 1. The van der Waals surface area contributed by atoms with Crippen molar-refractivity contribution in [2.24, 2.45) is 0 Å². The minimum Gasteiger partial charge on any atom is -0.468 e. The van der Waals surface area contributed by atoms with E-state index in [2.05, 4.69) is 4.74 Å². The molecule has 0 atom stereocenters. The van der Waals surface area contributed by atoms with Gasteiger partial charge in [0.2, 0.25) is 0 Å². The Morgan fingerprint density at radius 3 is 2.21 bits per heavy atom. The van der Waals surface area contributed by atoms with Gasteiger partial charge in [-0.2, -0.15) is 0 Å². The molecular formula is C16H16ClNO4S2. The lowest BCUT2D eigenvalue weighted by Gasteiger charge is -2.23. The van der Waals surface area contributed by atoms with E-state index in [4.69, 9.17) is 11.6 Å². The van der Waals surface area contributed by atoms with Crippen LogP contribution in [0.15, 0.2) is 58.3 Å². The molecule has 8 heteroatoms. The first-order chi connectivity index (χ1) is 11.4. The van der Waals surface area contributed by atoms with Gasteiger partial charge in [0.15, 0.2) is 0 Å². The zero-order valence-corrected chi connectivity index (χ0v) is 15.5. The molecule has 0 N–H and O–H groups in total. The summed E-state index contributed by atoms with van der Waals surface area (Å²) in [6, 6.07) is 12.7. The van der Waals surface area contributed by atoms with E-state index in [-0.39, 0.29) is 4.90 Å². The van der Waals surface area contributed by atoms with Crippen LogP contribution in [-0.4, -0.2) is 34.3 Å². The second-order valence-corrected chi connectivity index (χ2v) is 7.92. The van der Waals surface area contributed by atoms with Crippen molar-refractivity contribution in [3.63, 3.8) is 0 Å². The number of hydrogen-bond acceptors (Lipinski definition) is 5. The number of methoxy groups -OCH3 is 1. The predicted octanol–water partition coefficient (Wildman–Crippen LogP) is 3.43. The summed E-state index contributed by atoms with van der Waals surface area (Å²) in [7, 11) is -2.71. The second kappa shape index (κ2) is 7.92. The third kappa shape index (κ3) is 4.23. The summed E-state index contributed by atoms with van der Waals surface area (Å²) in [5.74, 6) is -0.658. The van der Waals surface area contributed by atoms with E-state index in [1.807, 2.05) is 6.26 Å².